The summed E-state index contributed by atoms with van der Waals surface area (Å²) in [5, 5.41) is 7.51. The van der Waals surface area contributed by atoms with Gasteiger partial charge in [-0.05, 0) is 38.0 Å². The number of benzene rings is 2. The fourth-order valence-corrected chi connectivity index (χ4v) is 3.48. The van der Waals surface area contributed by atoms with Crippen LogP contribution in [0.1, 0.15) is 29.9 Å². The number of nitrogens with one attached hydrogen (secondary N) is 1. The van der Waals surface area contributed by atoms with E-state index in [2.05, 4.69) is 10.2 Å². The third-order valence-corrected chi connectivity index (χ3v) is 4.74. The Morgan fingerprint density at radius 2 is 1.92 bits per heavy atom. The molecule has 1 N–H and O–H groups in total. The number of esters is 1. The van der Waals surface area contributed by atoms with E-state index in [9.17, 15) is 9.59 Å². The van der Waals surface area contributed by atoms with Crippen LogP contribution in [-0.2, 0) is 16.0 Å². The zero-order valence-electron chi connectivity index (χ0n) is 14.6. The number of aromatic nitrogens is 2. The van der Waals surface area contributed by atoms with Gasteiger partial charge in [0.25, 0.3) is 5.91 Å². The SMILES string of the molecule is C[C@H](OC(=O)c1n[nH]c2ccccc12)C(=O)N1c2ccccc2C[C@H]1C. The first-order valence-corrected chi connectivity index (χ1v) is 8.61. The summed E-state index contributed by atoms with van der Waals surface area (Å²) < 4.78 is 5.43. The molecule has 6 heteroatoms. The van der Waals surface area contributed by atoms with Gasteiger partial charge in [-0.15, -0.1) is 0 Å². The highest BCUT2D eigenvalue weighted by molar-refractivity contribution is 6.04. The van der Waals surface area contributed by atoms with Crippen LogP contribution in [0.2, 0.25) is 0 Å². The third-order valence-electron chi connectivity index (χ3n) is 4.74. The highest BCUT2D eigenvalue weighted by Crippen LogP contribution is 2.32. The largest absolute Gasteiger partial charge is 0.448 e. The fraction of sp³-hybridized carbons (Fsp3) is 0.250. The summed E-state index contributed by atoms with van der Waals surface area (Å²) in [5.41, 5.74) is 2.96. The van der Waals surface area contributed by atoms with Crippen LogP contribution in [-0.4, -0.2) is 34.2 Å². The van der Waals surface area contributed by atoms with Gasteiger partial charge >= 0.3 is 5.97 Å². The lowest BCUT2D eigenvalue weighted by Gasteiger charge is -2.25. The molecule has 0 fully saturated rings. The van der Waals surface area contributed by atoms with E-state index in [4.69, 9.17) is 4.74 Å². The van der Waals surface area contributed by atoms with E-state index in [1.165, 1.54) is 0 Å². The number of aromatic amines is 1. The van der Waals surface area contributed by atoms with Crippen LogP contribution in [0, 0.1) is 0 Å². The van der Waals surface area contributed by atoms with Crippen molar-refractivity contribution in [3.05, 3.63) is 59.8 Å². The quantitative estimate of drug-likeness (QED) is 0.737. The first-order chi connectivity index (χ1) is 12.6. The Morgan fingerprint density at radius 1 is 1.19 bits per heavy atom. The highest BCUT2D eigenvalue weighted by atomic mass is 16.5. The van der Waals surface area contributed by atoms with Gasteiger partial charge in [0.2, 0.25) is 0 Å². The van der Waals surface area contributed by atoms with Gasteiger partial charge in [0, 0.05) is 17.1 Å². The Kier molecular flexibility index (Phi) is 3.95. The maximum absolute atomic E-state index is 12.9. The number of rotatable bonds is 3. The minimum absolute atomic E-state index is 0.0345. The Morgan fingerprint density at radius 3 is 2.77 bits per heavy atom. The van der Waals surface area contributed by atoms with Gasteiger partial charge in [-0.1, -0.05) is 36.4 Å². The number of anilines is 1. The van der Waals surface area contributed by atoms with Crippen molar-refractivity contribution in [1.29, 1.82) is 0 Å². The minimum Gasteiger partial charge on any atom is -0.448 e. The molecule has 4 rings (SSSR count). The van der Waals surface area contributed by atoms with Gasteiger partial charge in [0.05, 0.1) is 5.52 Å². The van der Waals surface area contributed by atoms with Crippen molar-refractivity contribution < 1.29 is 14.3 Å². The lowest BCUT2D eigenvalue weighted by molar-refractivity contribution is -0.126. The molecule has 6 nitrogen and oxygen atoms in total. The Balaban J connectivity index is 1.54. The summed E-state index contributed by atoms with van der Waals surface area (Å²) in [4.78, 5) is 27.1. The molecule has 1 aliphatic heterocycles. The van der Waals surface area contributed by atoms with Crippen LogP contribution in [0.4, 0.5) is 5.69 Å². The average molecular weight is 349 g/mol. The predicted molar refractivity (Wildman–Crippen MR) is 98.1 cm³/mol. The number of hydrogen-bond donors (Lipinski definition) is 1. The van der Waals surface area contributed by atoms with Crippen LogP contribution in [0.25, 0.3) is 10.9 Å². The Labute approximate surface area is 150 Å². The molecule has 0 saturated carbocycles. The van der Waals surface area contributed by atoms with Crippen LogP contribution in [0.3, 0.4) is 0 Å². The van der Waals surface area contributed by atoms with Gasteiger partial charge in [-0.3, -0.25) is 9.89 Å². The molecule has 3 aromatic rings. The zero-order valence-corrected chi connectivity index (χ0v) is 14.6. The van der Waals surface area contributed by atoms with E-state index < -0.39 is 12.1 Å². The molecule has 0 unspecified atom stereocenters. The maximum Gasteiger partial charge on any atom is 0.360 e. The summed E-state index contributed by atoms with van der Waals surface area (Å²) in [5.74, 6) is -0.834. The molecule has 0 saturated heterocycles. The van der Waals surface area contributed by atoms with E-state index in [0.29, 0.717) is 5.39 Å². The van der Waals surface area contributed by atoms with Crippen molar-refractivity contribution >= 4 is 28.5 Å². The monoisotopic (exact) mass is 349 g/mol. The smallest absolute Gasteiger partial charge is 0.360 e. The number of para-hydroxylation sites is 2. The lowest BCUT2D eigenvalue weighted by Crippen LogP contribution is -2.43. The van der Waals surface area contributed by atoms with Gasteiger partial charge in [-0.2, -0.15) is 5.10 Å². The summed E-state index contributed by atoms with van der Waals surface area (Å²) in [6.07, 6.45) is -0.0985. The summed E-state index contributed by atoms with van der Waals surface area (Å²) >= 11 is 0. The number of hydrogen-bond acceptors (Lipinski definition) is 4. The van der Waals surface area contributed by atoms with E-state index in [1.54, 1.807) is 17.9 Å². The van der Waals surface area contributed by atoms with Crippen molar-refractivity contribution in [2.75, 3.05) is 4.90 Å². The standard InChI is InChI=1S/C20H19N3O3/c1-12-11-14-7-3-6-10-17(14)23(12)19(24)13(2)26-20(25)18-15-8-4-5-9-16(15)21-22-18/h3-10,12-13H,11H2,1-2H3,(H,21,22)/t12-,13+/m1/s1. The van der Waals surface area contributed by atoms with Crippen LogP contribution < -0.4 is 4.90 Å². The molecular formula is C20H19N3O3. The molecule has 1 amide bonds. The van der Waals surface area contributed by atoms with Crippen molar-refractivity contribution in [3.8, 4) is 0 Å². The molecule has 1 aliphatic rings. The van der Waals surface area contributed by atoms with E-state index in [-0.39, 0.29) is 17.6 Å². The van der Waals surface area contributed by atoms with Gasteiger partial charge < -0.3 is 9.64 Å². The number of carbonyl (C=O) groups excluding carboxylic acids is 2. The topological polar surface area (TPSA) is 75.3 Å². The predicted octanol–water partition coefficient (Wildman–Crippen LogP) is 3.09. The van der Waals surface area contributed by atoms with Crippen LogP contribution >= 0.6 is 0 Å². The van der Waals surface area contributed by atoms with Crippen LogP contribution in [0.15, 0.2) is 48.5 Å². The van der Waals surface area contributed by atoms with Crippen LogP contribution in [0.5, 0.6) is 0 Å². The number of ether oxygens (including phenoxy) is 1. The zero-order chi connectivity index (χ0) is 18.3. The molecule has 2 aromatic carbocycles. The first kappa shape index (κ1) is 16.3. The number of amides is 1. The molecule has 132 valence electrons. The van der Waals surface area contributed by atoms with Gasteiger partial charge in [-0.25, -0.2) is 4.79 Å². The third kappa shape index (κ3) is 2.63. The van der Waals surface area contributed by atoms with Crippen molar-refractivity contribution in [2.24, 2.45) is 0 Å². The lowest BCUT2D eigenvalue weighted by atomic mass is 10.1. The van der Waals surface area contributed by atoms with Gasteiger partial charge in [0.15, 0.2) is 11.8 Å². The Hall–Kier alpha value is -3.15. The summed E-state index contributed by atoms with van der Waals surface area (Å²) in [7, 11) is 0. The maximum atomic E-state index is 12.9. The van der Waals surface area contributed by atoms with Crippen molar-refractivity contribution in [3.63, 3.8) is 0 Å². The molecule has 0 aliphatic carbocycles. The van der Waals surface area contributed by atoms with Crippen molar-refractivity contribution in [1.82, 2.24) is 10.2 Å². The number of carbonyl (C=O) groups is 2. The molecular weight excluding hydrogens is 330 g/mol. The molecule has 26 heavy (non-hydrogen) atoms. The molecule has 0 bridgehead atoms. The number of nitrogens with zero attached hydrogens (tertiary/aromatic N) is 2. The van der Waals surface area contributed by atoms with Gasteiger partial charge in [0.1, 0.15) is 0 Å². The normalized spacial score (nSPS) is 17.2. The van der Waals surface area contributed by atoms with E-state index in [1.807, 2.05) is 49.4 Å². The summed E-state index contributed by atoms with van der Waals surface area (Å²) in [6.45, 7) is 3.59. The minimum atomic E-state index is -0.897. The molecule has 1 aromatic heterocycles. The second-order valence-electron chi connectivity index (χ2n) is 6.56. The van der Waals surface area contributed by atoms with Crippen molar-refractivity contribution in [2.45, 2.75) is 32.4 Å². The summed E-state index contributed by atoms with van der Waals surface area (Å²) in [6, 6.07) is 15.2. The number of fused-ring (bicyclic) bond motifs is 2. The van der Waals surface area contributed by atoms with E-state index >= 15 is 0 Å². The van der Waals surface area contributed by atoms with E-state index in [0.717, 1.165) is 23.2 Å². The molecule has 0 radical (unpaired) electrons. The molecule has 0 spiro atoms. The second-order valence-corrected chi connectivity index (χ2v) is 6.56. The second kappa shape index (κ2) is 6.29. The fourth-order valence-electron chi connectivity index (χ4n) is 3.48. The Bertz CT molecular complexity index is 995. The first-order valence-electron chi connectivity index (χ1n) is 8.61. The number of H-pyrrole nitrogens is 1. The molecule has 2 heterocycles. The molecule has 2 atom stereocenters. The average Bonchev–Trinajstić information content (AvgIpc) is 3.21. The highest BCUT2D eigenvalue weighted by Gasteiger charge is 2.34.